The lowest BCUT2D eigenvalue weighted by atomic mass is 10.0. The second kappa shape index (κ2) is 7.28. The van der Waals surface area contributed by atoms with Gasteiger partial charge in [-0.1, -0.05) is 26.0 Å². The van der Waals surface area contributed by atoms with Crippen LogP contribution in [0.4, 0.5) is 4.39 Å². The Balaban J connectivity index is 1.96. The number of amides is 1. The van der Waals surface area contributed by atoms with Gasteiger partial charge in [0.15, 0.2) is 5.82 Å². The first-order chi connectivity index (χ1) is 10.9. The average Bonchev–Trinajstić information content (AvgIpc) is 2.95. The zero-order valence-electron chi connectivity index (χ0n) is 13.3. The standard InChI is InChI=1S/C15H20FN5O2/c1-9(2)15-18-19-20-21(15)8-13(22)17-10(3)14(23)11-4-6-12(16)7-5-11/h4-7,9-10,14,23H,8H2,1-3H3,(H,17,22). The Labute approximate surface area is 133 Å². The highest BCUT2D eigenvalue weighted by molar-refractivity contribution is 5.76. The molecule has 1 amide bonds. The molecule has 0 bridgehead atoms. The van der Waals surface area contributed by atoms with Gasteiger partial charge in [-0.25, -0.2) is 9.07 Å². The van der Waals surface area contributed by atoms with E-state index in [-0.39, 0.29) is 24.2 Å². The molecule has 0 aliphatic rings. The van der Waals surface area contributed by atoms with Gasteiger partial charge in [-0.05, 0) is 35.0 Å². The van der Waals surface area contributed by atoms with Crippen LogP contribution in [-0.2, 0) is 11.3 Å². The third kappa shape index (κ3) is 4.32. The van der Waals surface area contributed by atoms with Crippen molar-refractivity contribution in [1.82, 2.24) is 25.5 Å². The maximum Gasteiger partial charge on any atom is 0.242 e. The van der Waals surface area contributed by atoms with Gasteiger partial charge < -0.3 is 10.4 Å². The number of hydrogen-bond acceptors (Lipinski definition) is 5. The van der Waals surface area contributed by atoms with Crippen molar-refractivity contribution in [2.24, 2.45) is 0 Å². The molecule has 1 aromatic heterocycles. The van der Waals surface area contributed by atoms with Gasteiger partial charge in [-0.3, -0.25) is 4.79 Å². The van der Waals surface area contributed by atoms with Crippen LogP contribution in [0, 0.1) is 5.82 Å². The van der Waals surface area contributed by atoms with Crippen LogP contribution in [0.5, 0.6) is 0 Å². The number of benzene rings is 1. The first-order valence-corrected chi connectivity index (χ1v) is 7.37. The first kappa shape index (κ1) is 17.0. The molecule has 2 atom stereocenters. The molecule has 0 saturated heterocycles. The molecule has 2 aromatic rings. The van der Waals surface area contributed by atoms with Gasteiger partial charge in [0.05, 0.1) is 12.1 Å². The lowest BCUT2D eigenvalue weighted by molar-refractivity contribution is -0.123. The van der Waals surface area contributed by atoms with Gasteiger partial charge in [0, 0.05) is 5.92 Å². The predicted molar refractivity (Wildman–Crippen MR) is 80.9 cm³/mol. The zero-order chi connectivity index (χ0) is 17.0. The van der Waals surface area contributed by atoms with Gasteiger partial charge in [-0.2, -0.15) is 0 Å². The van der Waals surface area contributed by atoms with Gasteiger partial charge in [0.2, 0.25) is 5.91 Å². The van der Waals surface area contributed by atoms with Gasteiger partial charge >= 0.3 is 0 Å². The second-order valence-electron chi connectivity index (χ2n) is 5.70. The Morgan fingerprint density at radius 3 is 2.57 bits per heavy atom. The highest BCUT2D eigenvalue weighted by Crippen LogP contribution is 2.17. The van der Waals surface area contributed by atoms with Crippen molar-refractivity contribution in [2.75, 3.05) is 0 Å². The fourth-order valence-corrected chi connectivity index (χ4v) is 2.20. The number of aliphatic hydroxyl groups is 1. The maximum atomic E-state index is 12.9. The number of nitrogens with zero attached hydrogens (tertiary/aromatic N) is 4. The molecule has 1 aromatic carbocycles. The minimum absolute atomic E-state index is 0.0268. The molecule has 7 nitrogen and oxygen atoms in total. The number of halogens is 1. The number of rotatable bonds is 6. The molecule has 1 heterocycles. The normalized spacial score (nSPS) is 13.8. The Hall–Kier alpha value is -2.35. The van der Waals surface area contributed by atoms with E-state index in [2.05, 4.69) is 20.8 Å². The van der Waals surface area contributed by atoms with E-state index in [0.717, 1.165) is 0 Å². The molecule has 0 radical (unpaired) electrons. The van der Waals surface area contributed by atoms with Crippen molar-refractivity contribution >= 4 is 5.91 Å². The quantitative estimate of drug-likeness (QED) is 0.833. The number of carbonyl (C=O) groups is 1. The number of aliphatic hydroxyl groups excluding tert-OH is 1. The summed E-state index contributed by atoms with van der Waals surface area (Å²) in [5.41, 5.74) is 0.532. The Bertz CT molecular complexity index is 656. The second-order valence-corrected chi connectivity index (χ2v) is 5.70. The maximum absolute atomic E-state index is 12.9. The number of aromatic nitrogens is 4. The van der Waals surface area contributed by atoms with Crippen LogP contribution in [0.3, 0.4) is 0 Å². The zero-order valence-corrected chi connectivity index (χ0v) is 13.3. The van der Waals surface area contributed by atoms with Crippen LogP contribution in [0.25, 0.3) is 0 Å². The number of carbonyl (C=O) groups excluding carboxylic acids is 1. The summed E-state index contributed by atoms with van der Waals surface area (Å²) in [4.78, 5) is 12.1. The Morgan fingerprint density at radius 2 is 1.96 bits per heavy atom. The summed E-state index contributed by atoms with van der Waals surface area (Å²) < 4.78 is 14.3. The van der Waals surface area contributed by atoms with Crippen molar-refractivity contribution in [2.45, 2.75) is 45.4 Å². The Kier molecular flexibility index (Phi) is 5.38. The molecule has 124 valence electrons. The van der Waals surface area contributed by atoms with E-state index in [0.29, 0.717) is 11.4 Å². The fraction of sp³-hybridized carbons (Fsp3) is 0.467. The largest absolute Gasteiger partial charge is 0.386 e. The summed E-state index contributed by atoms with van der Waals surface area (Å²) in [7, 11) is 0. The van der Waals surface area contributed by atoms with Crippen LogP contribution in [0.15, 0.2) is 24.3 Å². The third-order valence-electron chi connectivity index (χ3n) is 3.44. The van der Waals surface area contributed by atoms with E-state index < -0.39 is 12.1 Å². The molecule has 0 aliphatic heterocycles. The van der Waals surface area contributed by atoms with Crippen LogP contribution in [0.2, 0.25) is 0 Å². The Morgan fingerprint density at radius 1 is 1.30 bits per heavy atom. The molecule has 2 rings (SSSR count). The first-order valence-electron chi connectivity index (χ1n) is 7.37. The molecule has 0 saturated carbocycles. The highest BCUT2D eigenvalue weighted by atomic mass is 19.1. The van der Waals surface area contributed by atoms with E-state index in [1.807, 2.05) is 13.8 Å². The van der Waals surface area contributed by atoms with E-state index in [1.54, 1.807) is 6.92 Å². The molecule has 2 N–H and O–H groups in total. The number of hydrogen-bond donors (Lipinski definition) is 2. The fourth-order valence-electron chi connectivity index (χ4n) is 2.20. The minimum Gasteiger partial charge on any atom is -0.386 e. The van der Waals surface area contributed by atoms with Crippen molar-refractivity contribution < 1.29 is 14.3 Å². The number of tetrazole rings is 1. The smallest absolute Gasteiger partial charge is 0.242 e. The lowest BCUT2D eigenvalue weighted by Crippen LogP contribution is -2.39. The van der Waals surface area contributed by atoms with Crippen molar-refractivity contribution in [1.29, 1.82) is 0 Å². The monoisotopic (exact) mass is 321 g/mol. The molecule has 8 heteroatoms. The molecule has 0 fully saturated rings. The van der Waals surface area contributed by atoms with Crippen molar-refractivity contribution in [3.8, 4) is 0 Å². The molecule has 2 unspecified atom stereocenters. The van der Waals surface area contributed by atoms with Crippen LogP contribution < -0.4 is 5.32 Å². The van der Waals surface area contributed by atoms with Crippen LogP contribution in [0.1, 0.15) is 44.2 Å². The SMILES string of the molecule is CC(C)c1nnnn1CC(=O)NC(C)C(O)c1ccc(F)cc1. The molecule has 0 aliphatic carbocycles. The van der Waals surface area contributed by atoms with E-state index in [9.17, 15) is 14.3 Å². The lowest BCUT2D eigenvalue weighted by Gasteiger charge is -2.20. The van der Waals surface area contributed by atoms with E-state index >= 15 is 0 Å². The summed E-state index contributed by atoms with van der Waals surface area (Å²) in [6, 6.07) is 4.97. The van der Waals surface area contributed by atoms with E-state index in [4.69, 9.17) is 0 Å². The van der Waals surface area contributed by atoms with Gasteiger partial charge in [0.25, 0.3) is 0 Å². The third-order valence-corrected chi connectivity index (χ3v) is 3.44. The molecule has 0 spiro atoms. The topological polar surface area (TPSA) is 92.9 Å². The molecular formula is C15H20FN5O2. The molecular weight excluding hydrogens is 301 g/mol. The molecule has 23 heavy (non-hydrogen) atoms. The summed E-state index contributed by atoms with van der Waals surface area (Å²) in [6.45, 7) is 5.51. The van der Waals surface area contributed by atoms with E-state index in [1.165, 1.54) is 28.9 Å². The summed E-state index contributed by atoms with van der Waals surface area (Å²) in [5, 5.41) is 24.1. The van der Waals surface area contributed by atoms with Crippen LogP contribution >= 0.6 is 0 Å². The summed E-state index contributed by atoms with van der Waals surface area (Å²) in [5.74, 6) is 0.0253. The highest BCUT2D eigenvalue weighted by Gasteiger charge is 2.20. The van der Waals surface area contributed by atoms with Crippen molar-refractivity contribution in [3.05, 3.63) is 41.5 Å². The van der Waals surface area contributed by atoms with Gasteiger partial charge in [0.1, 0.15) is 12.4 Å². The summed E-state index contributed by atoms with van der Waals surface area (Å²) in [6.07, 6.45) is -0.932. The minimum atomic E-state index is -0.932. The predicted octanol–water partition coefficient (Wildman–Crippen LogP) is 1.17. The van der Waals surface area contributed by atoms with Crippen LogP contribution in [-0.4, -0.2) is 37.3 Å². The average molecular weight is 321 g/mol. The summed E-state index contributed by atoms with van der Waals surface area (Å²) >= 11 is 0. The van der Waals surface area contributed by atoms with Gasteiger partial charge in [-0.15, -0.1) is 5.10 Å². The number of nitrogens with one attached hydrogen (secondary N) is 1. The van der Waals surface area contributed by atoms with Crippen molar-refractivity contribution in [3.63, 3.8) is 0 Å².